The number of aliphatic hydroxyl groups excluding tert-OH is 1. The number of thioether (sulfide) groups is 1. The van der Waals surface area contributed by atoms with Crippen LogP contribution in [0.3, 0.4) is 0 Å². The molecule has 0 atom stereocenters. The molecule has 0 aliphatic rings. The van der Waals surface area contributed by atoms with E-state index in [-0.39, 0.29) is 12.5 Å². The molecule has 0 aromatic rings. The minimum Gasteiger partial charge on any atom is -0.394 e. The Morgan fingerprint density at radius 2 is 2.29 bits per heavy atom. The normalized spacial score (nSPS) is 10.1. The smallest absolute Gasteiger partial charge is 0.230 e. The number of hydrogen-bond acceptors (Lipinski definition) is 5. The Bertz CT molecular complexity index is 147. The quantitative estimate of drug-likeness (QED) is 0.427. The predicted octanol–water partition coefficient (Wildman–Crippen LogP) is -1.20. The minimum absolute atomic E-state index is 0.00366. The van der Waals surface area contributed by atoms with Crippen molar-refractivity contribution < 1.29 is 14.6 Å². The van der Waals surface area contributed by atoms with Crippen LogP contribution in [0.1, 0.15) is 0 Å². The zero-order valence-corrected chi connectivity index (χ0v) is 9.02. The molecule has 0 spiro atoms. The van der Waals surface area contributed by atoms with Crippen LogP contribution in [0.5, 0.6) is 0 Å². The van der Waals surface area contributed by atoms with Gasteiger partial charge in [-0.1, -0.05) is 0 Å². The van der Waals surface area contributed by atoms with Crippen LogP contribution in [0.2, 0.25) is 0 Å². The fraction of sp³-hybridized carbons (Fsp3) is 0.875. The van der Waals surface area contributed by atoms with Crippen molar-refractivity contribution in [1.29, 1.82) is 0 Å². The molecule has 0 bridgehead atoms. The standard InChI is InChI=1S/C8H18N2O3S/c9-1-6-14-7-8(12)10-2-4-13-5-3-11/h11H,1-7,9H2,(H,10,12). The van der Waals surface area contributed by atoms with E-state index in [0.29, 0.717) is 32.1 Å². The number of hydrogen-bond donors (Lipinski definition) is 3. The maximum atomic E-state index is 11.1. The molecule has 0 rings (SSSR count). The van der Waals surface area contributed by atoms with Gasteiger partial charge in [0.05, 0.1) is 25.6 Å². The molecule has 0 aliphatic carbocycles. The van der Waals surface area contributed by atoms with Gasteiger partial charge in [-0.05, 0) is 0 Å². The third kappa shape index (κ3) is 9.79. The molecule has 84 valence electrons. The molecule has 0 unspecified atom stereocenters. The molecule has 14 heavy (non-hydrogen) atoms. The van der Waals surface area contributed by atoms with Gasteiger partial charge in [0.15, 0.2) is 0 Å². The van der Waals surface area contributed by atoms with Crippen LogP contribution in [0.15, 0.2) is 0 Å². The third-order valence-electron chi connectivity index (χ3n) is 1.30. The lowest BCUT2D eigenvalue weighted by Crippen LogP contribution is -2.29. The van der Waals surface area contributed by atoms with Crippen LogP contribution in [-0.4, -0.2) is 55.4 Å². The topological polar surface area (TPSA) is 84.6 Å². The SMILES string of the molecule is NCCSCC(=O)NCCOCCO. The Morgan fingerprint density at radius 1 is 1.50 bits per heavy atom. The van der Waals surface area contributed by atoms with E-state index in [9.17, 15) is 4.79 Å². The highest BCUT2D eigenvalue weighted by atomic mass is 32.2. The molecule has 0 aromatic heterocycles. The molecular formula is C8H18N2O3S. The predicted molar refractivity (Wildman–Crippen MR) is 57.3 cm³/mol. The van der Waals surface area contributed by atoms with Crippen LogP contribution < -0.4 is 11.1 Å². The van der Waals surface area contributed by atoms with Crippen molar-refractivity contribution in [2.75, 3.05) is 44.4 Å². The average molecular weight is 222 g/mol. The number of rotatable bonds is 9. The summed E-state index contributed by atoms with van der Waals surface area (Å²) >= 11 is 1.51. The van der Waals surface area contributed by atoms with Crippen LogP contribution in [0.25, 0.3) is 0 Å². The Hall–Kier alpha value is -0.300. The minimum atomic E-state index is -0.00366. The van der Waals surface area contributed by atoms with Crippen molar-refractivity contribution in [3.8, 4) is 0 Å². The molecule has 0 radical (unpaired) electrons. The van der Waals surface area contributed by atoms with Gasteiger partial charge in [0.25, 0.3) is 0 Å². The molecule has 0 heterocycles. The summed E-state index contributed by atoms with van der Waals surface area (Å²) in [6.45, 7) is 1.85. The van der Waals surface area contributed by atoms with Crippen molar-refractivity contribution in [1.82, 2.24) is 5.32 Å². The van der Waals surface area contributed by atoms with Gasteiger partial charge < -0.3 is 20.9 Å². The van der Waals surface area contributed by atoms with E-state index in [1.165, 1.54) is 11.8 Å². The number of nitrogens with two attached hydrogens (primary N) is 1. The van der Waals surface area contributed by atoms with Gasteiger partial charge in [0.2, 0.25) is 5.91 Å². The van der Waals surface area contributed by atoms with E-state index >= 15 is 0 Å². The van der Waals surface area contributed by atoms with Crippen molar-refractivity contribution in [3.63, 3.8) is 0 Å². The average Bonchev–Trinajstić information content (AvgIpc) is 2.18. The molecule has 1 amide bonds. The number of ether oxygens (including phenoxy) is 1. The zero-order valence-electron chi connectivity index (χ0n) is 8.20. The van der Waals surface area contributed by atoms with E-state index < -0.39 is 0 Å². The number of amides is 1. The Labute approximate surface area is 88.4 Å². The van der Waals surface area contributed by atoms with Gasteiger partial charge in [-0.2, -0.15) is 11.8 Å². The molecule has 6 heteroatoms. The fourth-order valence-corrected chi connectivity index (χ4v) is 1.33. The van der Waals surface area contributed by atoms with E-state index in [0.717, 1.165) is 5.75 Å². The van der Waals surface area contributed by atoms with Crippen molar-refractivity contribution in [2.45, 2.75) is 0 Å². The van der Waals surface area contributed by atoms with Gasteiger partial charge in [0.1, 0.15) is 0 Å². The van der Waals surface area contributed by atoms with Gasteiger partial charge >= 0.3 is 0 Å². The number of aliphatic hydroxyl groups is 1. The summed E-state index contributed by atoms with van der Waals surface area (Å²) in [6, 6.07) is 0. The first-order chi connectivity index (χ1) is 6.81. The summed E-state index contributed by atoms with van der Waals surface area (Å²) in [5.74, 6) is 1.24. The Balaban J connectivity index is 3.10. The number of nitrogens with one attached hydrogen (secondary N) is 1. The van der Waals surface area contributed by atoms with Crippen molar-refractivity contribution >= 4 is 17.7 Å². The summed E-state index contributed by atoms with van der Waals surface area (Å²) in [4.78, 5) is 11.1. The summed E-state index contributed by atoms with van der Waals surface area (Å²) in [5.41, 5.74) is 5.27. The highest BCUT2D eigenvalue weighted by Crippen LogP contribution is 1.95. The van der Waals surface area contributed by atoms with Crippen LogP contribution in [0.4, 0.5) is 0 Å². The summed E-state index contributed by atoms with van der Waals surface area (Å²) in [7, 11) is 0. The maximum absolute atomic E-state index is 11.1. The number of carbonyl (C=O) groups is 1. The van der Waals surface area contributed by atoms with Crippen molar-refractivity contribution in [3.05, 3.63) is 0 Å². The number of carbonyl (C=O) groups excluding carboxylic acids is 1. The maximum Gasteiger partial charge on any atom is 0.230 e. The highest BCUT2D eigenvalue weighted by molar-refractivity contribution is 7.99. The van der Waals surface area contributed by atoms with Gasteiger partial charge in [-0.25, -0.2) is 0 Å². The van der Waals surface area contributed by atoms with Gasteiger partial charge in [-0.3, -0.25) is 4.79 Å². The summed E-state index contributed by atoms with van der Waals surface area (Å²) in [6.07, 6.45) is 0. The molecule has 0 saturated carbocycles. The molecule has 0 aromatic carbocycles. The van der Waals surface area contributed by atoms with E-state index in [4.69, 9.17) is 15.6 Å². The summed E-state index contributed by atoms with van der Waals surface area (Å²) < 4.78 is 4.97. The Morgan fingerprint density at radius 3 is 2.93 bits per heavy atom. The molecule has 0 saturated heterocycles. The van der Waals surface area contributed by atoms with Gasteiger partial charge in [0, 0.05) is 18.8 Å². The van der Waals surface area contributed by atoms with E-state index in [1.807, 2.05) is 0 Å². The first-order valence-electron chi connectivity index (χ1n) is 4.54. The zero-order chi connectivity index (χ0) is 10.6. The van der Waals surface area contributed by atoms with Crippen LogP contribution >= 0.6 is 11.8 Å². The van der Waals surface area contributed by atoms with Gasteiger partial charge in [-0.15, -0.1) is 0 Å². The molecule has 0 aliphatic heterocycles. The second kappa shape index (κ2) is 10.8. The van der Waals surface area contributed by atoms with Crippen molar-refractivity contribution in [2.24, 2.45) is 5.73 Å². The lowest BCUT2D eigenvalue weighted by Gasteiger charge is -2.04. The first kappa shape index (κ1) is 13.7. The highest BCUT2D eigenvalue weighted by Gasteiger charge is 1.99. The van der Waals surface area contributed by atoms with Crippen LogP contribution in [0, 0.1) is 0 Å². The summed E-state index contributed by atoms with van der Waals surface area (Å²) in [5, 5.41) is 11.1. The van der Waals surface area contributed by atoms with Crippen LogP contribution in [-0.2, 0) is 9.53 Å². The largest absolute Gasteiger partial charge is 0.394 e. The van der Waals surface area contributed by atoms with E-state index in [2.05, 4.69) is 5.32 Å². The lowest BCUT2D eigenvalue weighted by molar-refractivity contribution is -0.118. The monoisotopic (exact) mass is 222 g/mol. The fourth-order valence-electron chi connectivity index (χ4n) is 0.728. The molecule has 0 fully saturated rings. The second-order valence-electron chi connectivity index (χ2n) is 2.53. The molecule has 4 N–H and O–H groups in total. The first-order valence-corrected chi connectivity index (χ1v) is 5.70. The Kier molecular flexibility index (Phi) is 10.5. The third-order valence-corrected chi connectivity index (χ3v) is 2.29. The lowest BCUT2D eigenvalue weighted by atomic mass is 10.6. The van der Waals surface area contributed by atoms with E-state index in [1.54, 1.807) is 0 Å². The molecular weight excluding hydrogens is 204 g/mol. The second-order valence-corrected chi connectivity index (χ2v) is 3.63. The molecule has 5 nitrogen and oxygen atoms in total.